The Hall–Kier alpha value is -3.28. The van der Waals surface area contributed by atoms with Crippen molar-refractivity contribution in [1.29, 1.82) is 0 Å². The van der Waals surface area contributed by atoms with Crippen molar-refractivity contribution in [2.24, 2.45) is 5.92 Å². The van der Waals surface area contributed by atoms with Gasteiger partial charge in [0.15, 0.2) is 17.5 Å². The first kappa shape index (κ1) is 16.6. The van der Waals surface area contributed by atoms with Crippen LogP contribution in [0, 0.1) is 11.7 Å². The van der Waals surface area contributed by atoms with E-state index in [-0.39, 0.29) is 11.6 Å². The zero-order chi connectivity index (χ0) is 18.0. The molecular weight excluding hydrogens is 327 g/mol. The van der Waals surface area contributed by atoms with Gasteiger partial charge in [0.25, 0.3) is 0 Å². The van der Waals surface area contributed by atoms with E-state index in [4.69, 9.17) is 9.15 Å². The summed E-state index contributed by atoms with van der Waals surface area (Å²) in [7, 11) is 0. The Labute approximate surface area is 142 Å². The summed E-state index contributed by atoms with van der Waals surface area (Å²) in [6.07, 6.45) is 3.59. The third-order valence-electron chi connectivity index (χ3n) is 3.58. The molecule has 0 bridgehead atoms. The van der Waals surface area contributed by atoms with Crippen LogP contribution in [0.5, 0.6) is 0 Å². The maximum atomic E-state index is 12.9. The second-order valence-corrected chi connectivity index (χ2v) is 5.46. The number of esters is 1. The highest BCUT2D eigenvalue weighted by Crippen LogP contribution is 2.23. The van der Waals surface area contributed by atoms with Gasteiger partial charge in [-0.25, -0.2) is 4.39 Å². The largest absolute Gasteiger partial charge is 0.457 e. The molecule has 0 fully saturated rings. The molecule has 0 saturated heterocycles. The minimum Gasteiger partial charge on any atom is -0.457 e. The molecule has 6 heteroatoms. The molecule has 0 saturated carbocycles. The fourth-order valence-corrected chi connectivity index (χ4v) is 2.38. The van der Waals surface area contributed by atoms with Gasteiger partial charge in [0.1, 0.15) is 23.1 Å². The van der Waals surface area contributed by atoms with E-state index in [1.54, 1.807) is 24.3 Å². The Morgan fingerprint density at radius 2 is 1.84 bits per heavy atom. The number of ketones is 2. The minimum atomic E-state index is -1.48. The van der Waals surface area contributed by atoms with Crippen molar-refractivity contribution in [3.05, 3.63) is 65.9 Å². The molecule has 5 nitrogen and oxygen atoms in total. The van der Waals surface area contributed by atoms with Gasteiger partial charge in [-0.2, -0.15) is 0 Å². The van der Waals surface area contributed by atoms with Crippen LogP contribution in [0.3, 0.4) is 0 Å². The van der Waals surface area contributed by atoms with Crippen LogP contribution >= 0.6 is 0 Å². The number of hydrogen-bond donors (Lipinski definition) is 0. The monoisotopic (exact) mass is 340 g/mol. The summed E-state index contributed by atoms with van der Waals surface area (Å²) in [5, 5.41) is 0. The number of allylic oxidation sites excluding steroid dienone is 3. The molecule has 1 aliphatic heterocycles. The van der Waals surface area contributed by atoms with Crippen LogP contribution in [-0.2, 0) is 19.1 Å². The van der Waals surface area contributed by atoms with Crippen molar-refractivity contribution in [1.82, 2.24) is 0 Å². The molecule has 1 aromatic carbocycles. The van der Waals surface area contributed by atoms with E-state index in [9.17, 15) is 18.8 Å². The smallest absolute Gasteiger partial charge is 0.329 e. The second-order valence-electron chi connectivity index (χ2n) is 5.46. The molecule has 1 aliphatic rings. The molecule has 25 heavy (non-hydrogen) atoms. The SMILES string of the molecule is CC1=CC(=O)C(C(=O)C=Cc2ccc(-c3ccc(F)cc3)o2)C(=O)O1. The average Bonchev–Trinajstić information content (AvgIpc) is 3.01. The van der Waals surface area contributed by atoms with Gasteiger partial charge in [0.05, 0.1) is 0 Å². The Bertz CT molecular complexity index is 902. The first-order chi connectivity index (χ1) is 11.9. The molecule has 0 radical (unpaired) electrons. The van der Waals surface area contributed by atoms with Gasteiger partial charge in [-0.05, 0) is 55.5 Å². The quantitative estimate of drug-likeness (QED) is 0.485. The highest BCUT2D eigenvalue weighted by Gasteiger charge is 2.36. The van der Waals surface area contributed by atoms with Crippen LogP contribution in [-0.4, -0.2) is 17.5 Å². The fourth-order valence-electron chi connectivity index (χ4n) is 2.38. The Kier molecular flexibility index (Phi) is 4.43. The van der Waals surface area contributed by atoms with Crippen LogP contribution in [0.4, 0.5) is 4.39 Å². The van der Waals surface area contributed by atoms with Crippen molar-refractivity contribution < 1.29 is 27.9 Å². The van der Waals surface area contributed by atoms with Gasteiger partial charge < -0.3 is 9.15 Å². The number of carbonyl (C=O) groups excluding carboxylic acids is 3. The molecule has 2 heterocycles. The zero-order valence-electron chi connectivity index (χ0n) is 13.2. The third kappa shape index (κ3) is 3.63. The number of hydrogen-bond acceptors (Lipinski definition) is 5. The van der Waals surface area contributed by atoms with E-state index >= 15 is 0 Å². The number of benzene rings is 1. The second kappa shape index (κ2) is 6.68. The zero-order valence-corrected chi connectivity index (χ0v) is 13.2. The number of furan rings is 1. The number of rotatable bonds is 4. The van der Waals surface area contributed by atoms with E-state index in [1.807, 2.05) is 0 Å². The average molecular weight is 340 g/mol. The molecular formula is C19H13FO5. The number of ether oxygens (including phenoxy) is 1. The summed E-state index contributed by atoms with van der Waals surface area (Å²) >= 11 is 0. The number of carbonyl (C=O) groups is 3. The lowest BCUT2D eigenvalue weighted by Crippen LogP contribution is -2.34. The van der Waals surface area contributed by atoms with Crippen LogP contribution in [0.2, 0.25) is 0 Å². The minimum absolute atomic E-state index is 0.165. The highest BCUT2D eigenvalue weighted by atomic mass is 19.1. The van der Waals surface area contributed by atoms with Crippen molar-refractivity contribution >= 4 is 23.6 Å². The van der Waals surface area contributed by atoms with Gasteiger partial charge in [0.2, 0.25) is 0 Å². The van der Waals surface area contributed by atoms with Crippen LogP contribution in [0.15, 0.2) is 58.7 Å². The number of cyclic esters (lactones) is 1. The summed E-state index contributed by atoms with van der Waals surface area (Å²) in [6.45, 7) is 1.46. The first-order valence-electron chi connectivity index (χ1n) is 7.45. The molecule has 126 valence electrons. The van der Waals surface area contributed by atoms with E-state index in [0.717, 1.165) is 12.2 Å². The standard InChI is InChI=1S/C19H13FO5/c1-11-10-16(22)18(19(23)24-11)15(21)8-6-14-7-9-17(25-14)12-2-4-13(20)5-3-12/h2-10,18H,1H3. The Morgan fingerprint density at radius 1 is 1.12 bits per heavy atom. The summed E-state index contributed by atoms with van der Waals surface area (Å²) in [5.41, 5.74) is 0.680. The Balaban J connectivity index is 1.74. The molecule has 1 atom stereocenters. The third-order valence-corrected chi connectivity index (χ3v) is 3.58. The van der Waals surface area contributed by atoms with E-state index in [2.05, 4.69) is 0 Å². The van der Waals surface area contributed by atoms with Crippen molar-refractivity contribution in [2.45, 2.75) is 6.92 Å². The first-order valence-corrected chi connectivity index (χ1v) is 7.45. The predicted octanol–water partition coefficient (Wildman–Crippen LogP) is 3.31. The summed E-state index contributed by atoms with van der Waals surface area (Å²) in [6, 6.07) is 9.05. The Morgan fingerprint density at radius 3 is 2.52 bits per heavy atom. The maximum absolute atomic E-state index is 12.9. The van der Waals surface area contributed by atoms with Gasteiger partial charge >= 0.3 is 5.97 Å². The lowest BCUT2D eigenvalue weighted by molar-refractivity contribution is -0.151. The van der Waals surface area contributed by atoms with E-state index in [1.165, 1.54) is 25.1 Å². The lowest BCUT2D eigenvalue weighted by Gasteiger charge is -2.15. The van der Waals surface area contributed by atoms with E-state index in [0.29, 0.717) is 17.1 Å². The van der Waals surface area contributed by atoms with Crippen molar-refractivity contribution in [3.8, 4) is 11.3 Å². The van der Waals surface area contributed by atoms with Gasteiger partial charge in [-0.1, -0.05) is 0 Å². The van der Waals surface area contributed by atoms with Crippen molar-refractivity contribution in [3.63, 3.8) is 0 Å². The fraction of sp³-hybridized carbons (Fsp3) is 0.105. The topological polar surface area (TPSA) is 73.6 Å². The van der Waals surface area contributed by atoms with Gasteiger partial charge in [-0.3, -0.25) is 14.4 Å². The van der Waals surface area contributed by atoms with Gasteiger partial charge in [-0.15, -0.1) is 0 Å². The molecule has 0 N–H and O–H groups in total. The van der Waals surface area contributed by atoms with Crippen molar-refractivity contribution in [2.75, 3.05) is 0 Å². The molecule has 3 rings (SSSR count). The normalized spacial score (nSPS) is 17.5. The van der Waals surface area contributed by atoms with Gasteiger partial charge in [0, 0.05) is 11.6 Å². The highest BCUT2D eigenvalue weighted by molar-refractivity contribution is 6.25. The molecule has 0 aliphatic carbocycles. The van der Waals surface area contributed by atoms with Crippen LogP contribution < -0.4 is 0 Å². The maximum Gasteiger partial charge on any atom is 0.329 e. The number of halogens is 1. The summed E-state index contributed by atoms with van der Waals surface area (Å²) in [4.78, 5) is 35.6. The molecule has 0 spiro atoms. The van der Waals surface area contributed by atoms with Crippen LogP contribution in [0.25, 0.3) is 17.4 Å². The predicted molar refractivity (Wildman–Crippen MR) is 86.5 cm³/mol. The summed E-state index contributed by atoms with van der Waals surface area (Å²) in [5.74, 6) is -2.98. The summed E-state index contributed by atoms with van der Waals surface area (Å²) < 4.78 is 23.3. The molecule has 1 aromatic heterocycles. The van der Waals surface area contributed by atoms with Crippen LogP contribution in [0.1, 0.15) is 12.7 Å². The van der Waals surface area contributed by atoms with E-state index < -0.39 is 23.5 Å². The lowest BCUT2D eigenvalue weighted by atomic mass is 9.96. The molecule has 2 aromatic rings. The molecule has 0 amide bonds. The molecule has 1 unspecified atom stereocenters.